The van der Waals surface area contributed by atoms with Crippen LogP contribution in [0.25, 0.3) is 111 Å². The van der Waals surface area contributed by atoms with Crippen LogP contribution in [0.5, 0.6) is 0 Å². The second-order valence-electron chi connectivity index (χ2n) is 14.5. The molecular weight excluding hydrogens is 693 g/mol. The van der Waals surface area contributed by atoms with E-state index in [0.29, 0.717) is 11.5 Å². The van der Waals surface area contributed by atoms with E-state index in [4.69, 9.17) is 14.4 Å². The Bertz CT molecular complexity index is 3230. The molecule has 0 radical (unpaired) electrons. The van der Waals surface area contributed by atoms with Crippen molar-refractivity contribution in [2.75, 3.05) is 0 Å². The average molecular weight is 727 g/mol. The maximum absolute atomic E-state index is 6.43. The lowest BCUT2D eigenvalue weighted by molar-refractivity contribution is 0.653. The summed E-state index contributed by atoms with van der Waals surface area (Å²) in [7, 11) is 0. The van der Waals surface area contributed by atoms with Crippen LogP contribution in [-0.4, -0.2) is 9.97 Å². The maximum atomic E-state index is 6.43. The SMILES string of the molecule is c1ccc(-c2cccc(-c3nc(-c4cccc(-c5cccc(-c6c7ccccc7c(-c7ccccc7)c7ccccc67)c5)c4)nc4oc5ccccc5c34)c2)cc1. The molecule has 9 aromatic carbocycles. The predicted molar refractivity (Wildman–Crippen MR) is 237 cm³/mol. The van der Waals surface area contributed by atoms with Crippen LogP contribution >= 0.6 is 0 Å². The fraction of sp³-hybridized carbons (Fsp3) is 0. The van der Waals surface area contributed by atoms with E-state index < -0.39 is 0 Å². The first-order chi connectivity index (χ1) is 28.3. The zero-order valence-electron chi connectivity index (χ0n) is 30.9. The van der Waals surface area contributed by atoms with Crippen molar-refractivity contribution in [2.45, 2.75) is 0 Å². The van der Waals surface area contributed by atoms with Gasteiger partial charge in [-0.3, -0.25) is 0 Å². The number of rotatable bonds is 6. The van der Waals surface area contributed by atoms with Gasteiger partial charge in [-0.2, -0.15) is 4.98 Å². The molecule has 3 heteroatoms. The molecule has 0 spiro atoms. The van der Waals surface area contributed by atoms with Crippen molar-refractivity contribution in [3.8, 4) is 67.2 Å². The first-order valence-electron chi connectivity index (χ1n) is 19.3. The molecule has 0 fully saturated rings. The summed E-state index contributed by atoms with van der Waals surface area (Å²) in [6, 6.07) is 73.0. The number of para-hydroxylation sites is 1. The lowest BCUT2D eigenvalue weighted by atomic mass is 9.85. The Morgan fingerprint density at radius 1 is 0.298 bits per heavy atom. The number of fused-ring (bicyclic) bond motifs is 5. The Balaban J connectivity index is 1.06. The molecular formula is C54H34N2O. The number of benzene rings is 9. The molecule has 11 aromatic rings. The van der Waals surface area contributed by atoms with Gasteiger partial charge in [0.15, 0.2) is 5.82 Å². The molecule has 3 nitrogen and oxygen atoms in total. The minimum atomic E-state index is 0.575. The fourth-order valence-corrected chi connectivity index (χ4v) is 8.49. The van der Waals surface area contributed by atoms with E-state index in [0.717, 1.165) is 55.4 Å². The first kappa shape index (κ1) is 32.8. The van der Waals surface area contributed by atoms with E-state index in [1.54, 1.807) is 0 Å². The molecule has 2 aromatic heterocycles. The molecule has 11 rings (SSSR count). The lowest BCUT2D eigenvalue weighted by Crippen LogP contribution is -1.95. The average Bonchev–Trinajstić information content (AvgIpc) is 3.67. The van der Waals surface area contributed by atoms with Gasteiger partial charge in [0.05, 0.1) is 11.1 Å². The molecule has 0 aliphatic heterocycles. The highest BCUT2D eigenvalue weighted by molar-refractivity contribution is 6.21. The van der Waals surface area contributed by atoms with Crippen molar-refractivity contribution >= 4 is 43.6 Å². The highest BCUT2D eigenvalue weighted by Crippen LogP contribution is 2.44. The van der Waals surface area contributed by atoms with Gasteiger partial charge in [-0.1, -0.05) is 182 Å². The predicted octanol–water partition coefficient (Wildman–Crippen LogP) is 14.7. The van der Waals surface area contributed by atoms with Crippen molar-refractivity contribution in [3.63, 3.8) is 0 Å². The van der Waals surface area contributed by atoms with Gasteiger partial charge >= 0.3 is 0 Å². The van der Waals surface area contributed by atoms with Gasteiger partial charge in [0.25, 0.3) is 0 Å². The Labute approximate surface area is 330 Å². The Kier molecular flexibility index (Phi) is 7.82. The third-order valence-corrected chi connectivity index (χ3v) is 11.1. The topological polar surface area (TPSA) is 38.9 Å². The molecule has 0 aliphatic carbocycles. The first-order valence-corrected chi connectivity index (χ1v) is 19.3. The maximum Gasteiger partial charge on any atom is 0.231 e. The molecule has 0 saturated carbocycles. The van der Waals surface area contributed by atoms with Gasteiger partial charge in [0.2, 0.25) is 5.71 Å². The summed E-state index contributed by atoms with van der Waals surface area (Å²) in [5, 5.41) is 6.87. The molecule has 0 atom stereocenters. The molecule has 0 saturated heterocycles. The van der Waals surface area contributed by atoms with Gasteiger partial charge in [0, 0.05) is 16.5 Å². The van der Waals surface area contributed by atoms with E-state index >= 15 is 0 Å². The smallest absolute Gasteiger partial charge is 0.231 e. The van der Waals surface area contributed by atoms with Crippen LogP contribution in [0.15, 0.2) is 211 Å². The zero-order valence-corrected chi connectivity index (χ0v) is 30.9. The second-order valence-corrected chi connectivity index (χ2v) is 14.5. The number of aromatic nitrogens is 2. The summed E-state index contributed by atoms with van der Waals surface area (Å²) >= 11 is 0. The van der Waals surface area contributed by atoms with Gasteiger partial charge in [-0.25, -0.2) is 4.98 Å². The number of hydrogen-bond acceptors (Lipinski definition) is 3. The summed E-state index contributed by atoms with van der Waals surface area (Å²) in [5.41, 5.74) is 13.5. The van der Waals surface area contributed by atoms with Crippen molar-refractivity contribution in [1.82, 2.24) is 9.97 Å². The van der Waals surface area contributed by atoms with E-state index in [9.17, 15) is 0 Å². The molecule has 266 valence electrons. The van der Waals surface area contributed by atoms with Crippen LogP contribution in [0.2, 0.25) is 0 Å². The van der Waals surface area contributed by atoms with Crippen LogP contribution in [0.4, 0.5) is 0 Å². The summed E-state index contributed by atoms with van der Waals surface area (Å²) in [4.78, 5) is 10.4. The van der Waals surface area contributed by atoms with Crippen LogP contribution < -0.4 is 0 Å². The summed E-state index contributed by atoms with van der Waals surface area (Å²) in [6.07, 6.45) is 0. The molecule has 0 aliphatic rings. The standard InChI is InChI=1S/C54H34N2O/c1-3-16-35(17-4-1)37-20-14-24-41(33-37)52-51-47-30-11-12-31-48(47)57-54(51)56-53(55-52)42-25-15-22-39(34-42)38-21-13-23-40(32-38)50-45-28-9-7-26-43(45)49(36-18-5-2-6-19-36)44-27-8-10-29-46(44)50/h1-34H. The number of furan rings is 1. The number of hydrogen-bond donors (Lipinski definition) is 0. The molecule has 0 N–H and O–H groups in total. The molecule has 2 heterocycles. The van der Waals surface area contributed by atoms with Crippen molar-refractivity contribution in [2.24, 2.45) is 0 Å². The highest BCUT2D eigenvalue weighted by atomic mass is 16.3. The third-order valence-electron chi connectivity index (χ3n) is 11.1. The van der Waals surface area contributed by atoms with Crippen LogP contribution in [0, 0.1) is 0 Å². The van der Waals surface area contributed by atoms with Crippen LogP contribution in [0.3, 0.4) is 0 Å². The van der Waals surface area contributed by atoms with Crippen molar-refractivity contribution in [1.29, 1.82) is 0 Å². The molecule has 0 amide bonds. The van der Waals surface area contributed by atoms with Gasteiger partial charge in [-0.15, -0.1) is 0 Å². The highest BCUT2D eigenvalue weighted by Gasteiger charge is 2.20. The Morgan fingerprint density at radius 2 is 0.719 bits per heavy atom. The van der Waals surface area contributed by atoms with Crippen LogP contribution in [-0.2, 0) is 0 Å². The lowest BCUT2D eigenvalue weighted by Gasteiger charge is -2.18. The molecule has 0 bridgehead atoms. The van der Waals surface area contributed by atoms with Gasteiger partial charge < -0.3 is 4.42 Å². The largest absolute Gasteiger partial charge is 0.438 e. The summed E-state index contributed by atoms with van der Waals surface area (Å²) < 4.78 is 6.43. The Hall–Kier alpha value is -7.62. The van der Waals surface area contributed by atoms with E-state index in [-0.39, 0.29) is 0 Å². The zero-order chi connectivity index (χ0) is 37.7. The summed E-state index contributed by atoms with van der Waals surface area (Å²) in [6.45, 7) is 0. The van der Waals surface area contributed by atoms with Crippen LogP contribution in [0.1, 0.15) is 0 Å². The third kappa shape index (κ3) is 5.68. The van der Waals surface area contributed by atoms with Gasteiger partial charge in [0.1, 0.15) is 5.58 Å². The minimum Gasteiger partial charge on any atom is -0.438 e. The van der Waals surface area contributed by atoms with E-state index in [2.05, 4.69) is 182 Å². The quantitative estimate of drug-likeness (QED) is 0.160. The summed E-state index contributed by atoms with van der Waals surface area (Å²) in [5.74, 6) is 0.619. The normalized spacial score (nSPS) is 11.5. The van der Waals surface area contributed by atoms with Crippen molar-refractivity contribution in [3.05, 3.63) is 206 Å². The monoisotopic (exact) mass is 726 g/mol. The van der Waals surface area contributed by atoms with Gasteiger partial charge in [-0.05, 0) is 90.3 Å². The van der Waals surface area contributed by atoms with Crippen molar-refractivity contribution < 1.29 is 4.42 Å². The molecule has 57 heavy (non-hydrogen) atoms. The second kappa shape index (κ2) is 13.6. The Morgan fingerprint density at radius 3 is 1.35 bits per heavy atom. The molecule has 0 unspecified atom stereocenters. The van der Waals surface area contributed by atoms with E-state index in [1.807, 2.05) is 24.3 Å². The van der Waals surface area contributed by atoms with E-state index in [1.165, 1.54) is 43.8 Å². The number of nitrogens with zero attached hydrogens (tertiary/aromatic N) is 2. The minimum absolute atomic E-state index is 0.575. The fourth-order valence-electron chi connectivity index (χ4n) is 8.49.